The van der Waals surface area contributed by atoms with Gasteiger partial charge in [-0.15, -0.1) is 12.4 Å². The van der Waals surface area contributed by atoms with Crippen molar-refractivity contribution in [1.82, 2.24) is 5.32 Å². The molecule has 0 aliphatic carbocycles. The van der Waals surface area contributed by atoms with Crippen LogP contribution in [0, 0.1) is 5.92 Å². The van der Waals surface area contributed by atoms with E-state index in [1.165, 1.54) is 0 Å². The Balaban J connectivity index is 0.00000324. The van der Waals surface area contributed by atoms with Gasteiger partial charge in [-0.2, -0.15) is 0 Å². The summed E-state index contributed by atoms with van der Waals surface area (Å²) in [5.74, 6) is 0.631. The number of ether oxygens (including phenoxy) is 1. The fourth-order valence-corrected chi connectivity index (χ4v) is 1.48. The molecule has 0 aliphatic rings. The average Bonchev–Trinajstić information content (AvgIpc) is 2.37. The summed E-state index contributed by atoms with van der Waals surface area (Å²) in [4.78, 5) is 11.8. The van der Waals surface area contributed by atoms with E-state index < -0.39 is 0 Å². The van der Waals surface area contributed by atoms with Crippen molar-refractivity contribution in [2.45, 2.75) is 6.92 Å². The van der Waals surface area contributed by atoms with E-state index in [4.69, 9.17) is 4.74 Å². The molecule has 0 aromatic heterocycles. The highest BCUT2D eigenvalue weighted by molar-refractivity contribution is 5.92. The fourth-order valence-electron chi connectivity index (χ4n) is 1.48. The molecule has 1 aromatic carbocycles. The number of rotatable bonds is 7. The van der Waals surface area contributed by atoms with Crippen LogP contribution in [-0.4, -0.2) is 26.1 Å². The van der Waals surface area contributed by atoms with Gasteiger partial charge < -0.3 is 15.4 Å². The van der Waals surface area contributed by atoms with Crippen molar-refractivity contribution in [2.24, 2.45) is 5.92 Å². The van der Waals surface area contributed by atoms with Crippen LogP contribution in [0.2, 0.25) is 0 Å². The number of carbonyl (C=O) groups excluding carboxylic acids is 1. The molecule has 2 N–H and O–H groups in total. The smallest absolute Gasteiger partial charge is 0.228 e. The number of benzene rings is 1. The van der Waals surface area contributed by atoms with Gasteiger partial charge in [-0.25, -0.2) is 0 Å². The van der Waals surface area contributed by atoms with Crippen molar-refractivity contribution < 1.29 is 9.53 Å². The minimum Gasteiger partial charge on any atom is -0.489 e. The van der Waals surface area contributed by atoms with Gasteiger partial charge in [-0.1, -0.05) is 25.6 Å². The second-order valence-electron chi connectivity index (χ2n) is 4.08. The maximum absolute atomic E-state index is 11.8. The van der Waals surface area contributed by atoms with Gasteiger partial charge in [0.25, 0.3) is 0 Å². The summed E-state index contributed by atoms with van der Waals surface area (Å²) >= 11 is 0. The molecule has 0 bridgehead atoms. The predicted octanol–water partition coefficient (Wildman–Crippen LogP) is 2.47. The zero-order chi connectivity index (χ0) is 13.4. The summed E-state index contributed by atoms with van der Waals surface area (Å²) < 4.78 is 5.40. The molecule has 106 valence electrons. The van der Waals surface area contributed by atoms with Gasteiger partial charge >= 0.3 is 0 Å². The number of anilines is 1. The summed E-state index contributed by atoms with van der Waals surface area (Å²) in [6.45, 7) is 6.57. The number of hydrogen-bond acceptors (Lipinski definition) is 3. The minimum absolute atomic E-state index is 0. The van der Waals surface area contributed by atoms with Crippen molar-refractivity contribution in [2.75, 3.05) is 25.5 Å². The predicted molar refractivity (Wildman–Crippen MR) is 81.1 cm³/mol. The van der Waals surface area contributed by atoms with E-state index in [-0.39, 0.29) is 24.2 Å². The SMILES string of the molecule is C=CCOc1cccc(NC(=O)C(C)CNC)c1.Cl. The first kappa shape index (κ1) is 17.5. The van der Waals surface area contributed by atoms with Crippen LogP contribution in [0.1, 0.15) is 6.92 Å². The third-order valence-electron chi connectivity index (χ3n) is 2.43. The third-order valence-corrected chi connectivity index (χ3v) is 2.43. The van der Waals surface area contributed by atoms with E-state index in [0.717, 1.165) is 5.69 Å². The molecule has 0 heterocycles. The zero-order valence-electron chi connectivity index (χ0n) is 11.3. The number of hydrogen-bond donors (Lipinski definition) is 2. The monoisotopic (exact) mass is 284 g/mol. The maximum atomic E-state index is 11.8. The molecule has 5 heteroatoms. The largest absolute Gasteiger partial charge is 0.489 e. The first-order chi connectivity index (χ1) is 8.67. The first-order valence-electron chi connectivity index (χ1n) is 5.96. The van der Waals surface area contributed by atoms with E-state index >= 15 is 0 Å². The maximum Gasteiger partial charge on any atom is 0.228 e. The average molecular weight is 285 g/mol. The van der Waals surface area contributed by atoms with Crippen molar-refractivity contribution in [3.63, 3.8) is 0 Å². The number of halogens is 1. The van der Waals surface area contributed by atoms with Gasteiger partial charge in [0.2, 0.25) is 5.91 Å². The van der Waals surface area contributed by atoms with Crippen LogP contribution >= 0.6 is 12.4 Å². The van der Waals surface area contributed by atoms with Crippen molar-refractivity contribution >= 4 is 24.0 Å². The molecule has 0 saturated carbocycles. The molecule has 0 aliphatic heterocycles. The molecule has 1 amide bonds. The van der Waals surface area contributed by atoms with E-state index in [9.17, 15) is 4.79 Å². The Morgan fingerprint density at radius 1 is 1.53 bits per heavy atom. The minimum atomic E-state index is -0.0762. The lowest BCUT2D eigenvalue weighted by Gasteiger charge is -2.12. The van der Waals surface area contributed by atoms with Crippen LogP contribution in [0.3, 0.4) is 0 Å². The second kappa shape index (κ2) is 9.42. The Hall–Kier alpha value is -1.52. The van der Waals surface area contributed by atoms with Gasteiger partial charge in [0, 0.05) is 24.2 Å². The fraction of sp³-hybridized carbons (Fsp3) is 0.357. The van der Waals surface area contributed by atoms with Crippen LogP contribution in [0.25, 0.3) is 0 Å². The third kappa shape index (κ3) is 6.27. The molecular formula is C14H21ClN2O2. The Morgan fingerprint density at radius 3 is 2.89 bits per heavy atom. The Labute approximate surface area is 120 Å². The van der Waals surface area contributed by atoms with E-state index in [1.807, 2.05) is 32.2 Å². The van der Waals surface area contributed by atoms with Gasteiger partial charge in [-0.3, -0.25) is 4.79 Å². The summed E-state index contributed by atoms with van der Waals surface area (Å²) in [6.07, 6.45) is 1.68. The van der Waals surface area contributed by atoms with E-state index in [2.05, 4.69) is 17.2 Å². The van der Waals surface area contributed by atoms with Crippen LogP contribution in [-0.2, 0) is 4.79 Å². The summed E-state index contributed by atoms with van der Waals surface area (Å²) in [5.41, 5.74) is 0.740. The van der Waals surface area contributed by atoms with E-state index in [1.54, 1.807) is 12.1 Å². The normalized spacial score (nSPS) is 11.1. The molecule has 0 spiro atoms. The van der Waals surface area contributed by atoms with Gasteiger partial charge in [0.1, 0.15) is 12.4 Å². The number of amides is 1. The Bertz CT molecular complexity index is 410. The standard InChI is InChI=1S/C14H20N2O2.ClH/c1-4-8-18-13-7-5-6-12(9-13)16-14(17)11(2)10-15-3;/h4-7,9,11,15H,1,8,10H2,2-3H3,(H,16,17);1H. The van der Waals surface area contributed by atoms with Crippen molar-refractivity contribution in [3.05, 3.63) is 36.9 Å². The van der Waals surface area contributed by atoms with Crippen LogP contribution in [0.15, 0.2) is 36.9 Å². The quantitative estimate of drug-likeness (QED) is 0.756. The van der Waals surface area contributed by atoms with Crippen molar-refractivity contribution in [3.8, 4) is 5.75 Å². The molecule has 1 atom stereocenters. The Kier molecular flexibility index (Phi) is 8.66. The highest BCUT2D eigenvalue weighted by Crippen LogP contribution is 2.17. The molecule has 1 rings (SSSR count). The highest BCUT2D eigenvalue weighted by Gasteiger charge is 2.11. The van der Waals surface area contributed by atoms with Crippen LogP contribution in [0.5, 0.6) is 5.75 Å². The second-order valence-corrected chi connectivity index (χ2v) is 4.08. The summed E-state index contributed by atoms with van der Waals surface area (Å²) in [5, 5.41) is 5.84. The highest BCUT2D eigenvalue weighted by atomic mass is 35.5. The lowest BCUT2D eigenvalue weighted by molar-refractivity contribution is -0.119. The number of nitrogens with one attached hydrogen (secondary N) is 2. The number of carbonyl (C=O) groups is 1. The molecule has 1 unspecified atom stereocenters. The van der Waals surface area contributed by atoms with Crippen LogP contribution < -0.4 is 15.4 Å². The van der Waals surface area contributed by atoms with E-state index in [0.29, 0.717) is 18.9 Å². The Morgan fingerprint density at radius 2 is 2.26 bits per heavy atom. The lowest BCUT2D eigenvalue weighted by atomic mass is 10.1. The molecule has 1 aromatic rings. The summed E-state index contributed by atoms with van der Waals surface area (Å²) in [6, 6.07) is 7.32. The van der Waals surface area contributed by atoms with Gasteiger partial charge in [-0.05, 0) is 19.2 Å². The van der Waals surface area contributed by atoms with Crippen molar-refractivity contribution in [1.29, 1.82) is 0 Å². The first-order valence-corrected chi connectivity index (χ1v) is 5.96. The molecule has 4 nitrogen and oxygen atoms in total. The molecule has 0 fully saturated rings. The molecule has 0 radical (unpaired) electrons. The molecule has 19 heavy (non-hydrogen) atoms. The lowest BCUT2D eigenvalue weighted by Crippen LogP contribution is -2.28. The zero-order valence-corrected chi connectivity index (χ0v) is 12.1. The molecule has 0 saturated heterocycles. The van der Waals surface area contributed by atoms with Crippen LogP contribution in [0.4, 0.5) is 5.69 Å². The van der Waals surface area contributed by atoms with Gasteiger partial charge in [0.15, 0.2) is 0 Å². The summed E-state index contributed by atoms with van der Waals surface area (Å²) in [7, 11) is 1.83. The molecular weight excluding hydrogens is 264 g/mol. The van der Waals surface area contributed by atoms with Gasteiger partial charge in [0.05, 0.1) is 0 Å². The topological polar surface area (TPSA) is 50.4 Å².